The molecule has 1 unspecified atom stereocenters. The summed E-state index contributed by atoms with van der Waals surface area (Å²) in [5, 5.41) is 6.47. The van der Waals surface area contributed by atoms with E-state index < -0.39 is 6.61 Å². The third-order valence-electron chi connectivity index (χ3n) is 5.48. The van der Waals surface area contributed by atoms with Gasteiger partial charge in [-0.2, -0.15) is 8.78 Å². The lowest BCUT2D eigenvalue weighted by Crippen LogP contribution is -2.53. The molecular formula is C20H32F2IN5O3. The highest BCUT2D eigenvalue weighted by Crippen LogP contribution is 2.38. The van der Waals surface area contributed by atoms with Crippen LogP contribution in [0, 0.1) is 0 Å². The zero-order chi connectivity index (χ0) is 21.5. The third kappa shape index (κ3) is 7.21. The van der Waals surface area contributed by atoms with Crippen LogP contribution in [0.4, 0.5) is 8.78 Å². The summed E-state index contributed by atoms with van der Waals surface area (Å²) in [6.45, 7) is 7.87. The number of fused-ring (bicyclic) bond motifs is 1. The molecule has 1 fully saturated rings. The molecule has 8 nitrogen and oxygen atoms in total. The van der Waals surface area contributed by atoms with Crippen molar-refractivity contribution in [1.82, 2.24) is 20.4 Å². The number of nitrogens with zero attached hydrogens (tertiary/aromatic N) is 3. The number of halogens is 3. The van der Waals surface area contributed by atoms with Gasteiger partial charge in [-0.05, 0) is 19.5 Å². The number of aliphatic imine (C=N–C) groups is 1. The van der Waals surface area contributed by atoms with Crippen LogP contribution >= 0.6 is 24.0 Å². The minimum absolute atomic E-state index is 0. The van der Waals surface area contributed by atoms with Gasteiger partial charge in [-0.3, -0.25) is 9.89 Å². The van der Waals surface area contributed by atoms with Gasteiger partial charge in [0, 0.05) is 64.0 Å². The Morgan fingerprint density at radius 1 is 1.16 bits per heavy atom. The molecule has 0 spiro atoms. The summed E-state index contributed by atoms with van der Waals surface area (Å²) >= 11 is 0. The van der Waals surface area contributed by atoms with Crippen molar-refractivity contribution in [3.63, 3.8) is 0 Å². The summed E-state index contributed by atoms with van der Waals surface area (Å²) in [6.07, 6.45) is 0. The van der Waals surface area contributed by atoms with E-state index in [4.69, 9.17) is 9.47 Å². The van der Waals surface area contributed by atoms with E-state index in [1.807, 2.05) is 0 Å². The maximum absolute atomic E-state index is 12.8. The van der Waals surface area contributed by atoms with Crippen molar-refractivity contribution in [2.24, 2.45) is 4.99 Å². The first kappa shape index (κ1) is 25.7. The average molecular weight is 555 g/mol. The Morgan fingerprint density at radius 2 is 1.84 bits per heavy atom. The van der Waals surface area contributed by atoms with E-state index in [0.29, 0.717) is 29.1 Å². The molecule has 0 aromatic heterocycles. The van der Waals surface area contributed by atoms with Crippen molar-refractivity contribution in [1.29, 1.82) is 0 Å². The molecule has 1 aromatic rings. The maximum Gasteiger partial charge on any atom is 0.387 e. The lowest BCUT2D eigenvalue weighted by molar-refractivity contribution is -0.0505. The molecule has 1 aromatic carbocycles. The van der Waals surface area contributed by atoms with Crippen LogP contribution in [0.15, 0.2) is 17.1 Å². The first-order chi connectivity index (χ1) is 14.5. The standard InChI is InChI=1S/C20H31F2N5O3.HI/c1-4-26-5-7-27(8-6-26)14(2)11-24-20(23-3)25-12-15-9-17-18(29-13-28-17)10-16(15)30-19(21)22;/h9-10,14,19H,4-8,11-13H2,1-3H3,(H2,23,24,25);1H. The molecular weight excluding hydrogens is 523 g/mol. The van der Waals surface area contributed by atoms with Crippen LogP contribution in [0.25, 0.3) is 0 Å². The fourth-order valence-electron chi connectivity index (χ4n) is 3.60. The highest BCUT2D eigenvalue weighted by molar-refractivity contribution is 14.0. The van der Waals surface area contributed by atoms with Crippen molar-refractivity contribution in [3.8, 4) is 17.2 Å². The van der Waals surface area contributed by atoms with E-state index in [2.05, 4.69) is 44.0 Å². The van der Waals surface area contributed by atoms with Gasteiger partial charge in [0.1, 0.15) is 5.75 Å². The van der Waals surface area contributed by atoms with Crippen LogP contribution in [0.3, 0.4) is 0 Å². The largest absolute Gasteiger partial charge is 0.454 e. The lowest BCUT2D eigenvalue weighted by Gasteiger charge is -2.37. The zero-order valence-corrected chi connectivity index (χ0v) is 20.5. The molecule has 0 radical (unpaired) electrons. The van der Waals surface area contributed by atoms with Gasteiger partial charge in [0.25, 0.3) is 0 Å². The minimum atomic E-state index is -2.92. The summed E-state index contributed by atoms with van der Waals surface area (Å²) in [5.74, 6) is 1.55. The van der Waals surface area contributed by atoms with Crippen molar-refractivity contribution < 1.29 is 23.0 Å². The van der Waals surface area contributed by atoms with Crippen LogP contribution in [0.5, 0.6) is 17.2 Å². The Morgan fingerprint density at radius 3 is 2.45 bits per heavy atom. The van der Waals surface area contributed by atoms with Gasteiger partial charge >= 0.3 is 6.61 Å². The van der Waals surface area contributed by atoms with Crippen LogP contribution in [0.1, 0.15) is 19.4 Å². The number of hydrogen-bond donors (Lipinski definition) is 2. The molecule has 176 valence electrons. The molecule has 11 heteroatoms. The van der Waals surface area contributed by atoms with Crippen LogP contribution < -0.4 is 24.8 Å². The second-order valence-electron chi connectivity index (χ2n) is 7.32. The van der Waals surface area contributed by atoms with Crippen molar-refractivity contribution in [3.05, 3.63) is 17.7 Å². The summed E-state index contributed by atoms with van der Waals surface area (Å²) in [5.41, 5.74) is 0.534. The number of piperazine rings is 1. The predicted molar refractivity (Wildman–Crippen MR) is 126 cm³/mol. The number of nitrogens with one attached hydrogen (secondary N) is 2. The molecule has 1 atom stereocenters. The van der Waals surface area contributed by atoms with Gasteiger partial charge in [-0.15, -0.1) is 24.0 Å². The normalized spacial score (nSPS) is 17.9. The Labute approximate surface area is 199 Å². The Kier molecular flexibility index (Phi) is 10.3. The predicted octanol–water partition coefficient (Wildman–Crippen LogP) is 2.33. The number of likely N-dealkylation sites (N-methyl/N-ethyl adjacent to an activating group) is 1. The molecule has 0 bridgehead atoms. The smallest absolute Gasteiger partial charge is 0.387 e. The summed E-state index contributed by atoms with van der Waals surface area (Å²) < 4.78 is 40.8. The number of ether oxygens (including phenoxy) is 3. The first-order valence-corrected chi connectivity index (χ1v) is 10.3. The molecule has 1 saturated heterocycles. The number of guanidine groups is 1. The number of alkyl halides is 2. The number of benzene rings is 1. The second-order valence-corrected chi connectivity index (χ2v) is 7.32. The van der Waals surface area contributed by atoms with Gasteiger partial charge in [-0.1, -0.05) is 6.92 Å². The van der Waals surface area contributed by atoms with Crippen molar-refractivity contribution in [2.45, 2.75) is 33.0 Å². The van der Waals surface area contributed by atoms with E-state index in [-0.39, 0.29) is 43.1 Å². The highest BCUT2D eigenvalue weighted by Gasteiger charge is 2.22. The van der Waals surface area contributed by atoms with E-state index >= 15 is 0 Å². The fraction of sp³-hybridized carbons (Fsp3) is 0.650. The van der Waals surface area contributed by atoms with Crippen LogP contribution in [-0.2, 0) is 6.54 Å². The summed E-state index contributed by atoms with van der Waals surface area (Å²) in [7, 11) is 1.68. The molecule has 2 heterocycles. The van der Waals surface area contributed by atoms with Gasteiger partial charge < -0.3 is 29.7 Å². The number of rotatable bonds is 8. The monoisotopic (exact) mass is 555 g/mol. The average Bonchev–Trinajstić information content (AvgIpc) is 3.20. The Balaban J connectivity index is 0.00000341. The molecule has 2 N–H and O–H groups in total. The Bertz CT molecular complexity index is 733. The van der Waals surface area contributed by atoms with Crippen LogP contribution in [-0.4, -0.2) is 81.5 Å². The van der Waals surface area contributed by atoms with E-state index in [9.17, 15) is 8.78 Å². The molecule has 2 aliphatic heterocycles. The molecule has 3 rings (SSSR count). The van der Waals surface area contributed by atoms with Gasteiger partial charge in [0.05, 0.1) is 0 Å². The summed E-state index contributed by atoms with van der Waals surface area (Å²) in [4.78, 5) is 9.13. The Hall–Kier alpha value is -1.60. The topological polar surface area (TPSA) is 70.6 Å². The third-order valence-corrected chi connectivity index (χ3v) is 5.48. The van der Waals surface area contributed by atoms with Crippen LogP contribution in [0.2, 0.25) is 0 Å². The molecule has 0 amide bonds. The van der Waals surface area contributed by atoms with Crippen molar-refractivity contribution in [2.75, 3.05) is 53.1 Å². The van der Waals surface area contributed by atoms with E-state index in [0.717, 1.165) is 39.3 Å². The molecule has 0 saturated carbocycles. The minimum Gasteiger partial charge on any atom is -0.454 e. The maximum atomic E-state index is 12.8. The fourth-order valence-corrected chi connectivity index (χ4v) is 3.60. The number of hydrogen-bond acceptors (Lipinski definition) is 6. The molecule has 2 aliphatic rings. The molecule has 31 heavy (non-hydrogen) atoms. The summed E-state index contributed by atoms with van der Waals surface area (Å²) in [6, 6.07) is 3.43. The van der Waals surface area contributed by atoms with E-state index in [1.165, 1.54) is 6.07 Å². The van der Waals surface area contributed by atoms with E-state index in [1.54, 1.807) is 13.1 Å². The van der Waals surface area contributed by atoms with Gasteiger partial charge in [0.15, 0.2) is 17.5 Å². The van der Waals surface area contributed by atoms with Crippen molar-refractivity contribution >= 4 is 29.9 Å². The quantitative estimate of drug-likeness (QED) is 0.290. The van der Waals surface area contributed by atoms with Gasteiger partial charge in [-0.25, -0.2) is 0 Å². The zero-order valence-electron chi connectivity index (χ0n) is 18.2. The first-order valence-electron chi connectivity index (χ1n) is 10.3. The SMILES string of the molecule is CCN1CCN(C(C)CNC(=NC)NCc2cc3c(cc2OC(F)F)OCO3)CC1.I. The highest BCUT2D eigenvalue weighted by atomic mass is 127. The second kappa shape index (κ2) is 12.4. The van der Waals surface area contributed by atoms with Gasteiger partial charge in [0.2, 0.25) is 6.79 Å². The lowest BCUT2D eigenvalue weighted by atomic mass is 10.1. The molecule has 0 aliphatic carbocycles.